The van der Waals surface area contributed by atoms with Crippen LogP contribution in [0.5, 0.6) is 0 Å². The third-order valence-corrected chi connectivity index (χ3v) is 4.57. The number of alkyl halides is 2. The lowest BCUT2D eigenvalue weighted by Gasteiger charge is -2.44. The van der Waals surface area contributed by atoms with E-state index in [-0.39, 0.29) is 0 Å². The maximum Gasteiger partial charge on any atom is 0.311 e. The molecule has 4 atom stereocenters. The second kappa shape index (κ2) is 6.37. The van der Waals surface area contributed by atoms with Gasteiger partial charge in [-0.15, -0.1) is 0 Å². The minimum atomic E-state index is -4.09. The molecule has 0 aromatic rings. The summed E-state index contributed by atoms with van der Waals surface area (Å²) in [6.45, 7) is 7.32. The average molecular weight is 370 g/mol. The zero-order valence-electron chi connectivity index (χ0n) is 14.1. The van der Waals surface area contributed by atoms with Crippen molar-refractivity contribution in [2.75, 3.05) is 6.61 Å². The Balaban J connectivity index is 2.17. The van der Waals surface area contributed by atoms with Crippen molar-refractivity contribution in [3.05, 3.63) is 0 Å². The van der Waals surface area contributed by atoms with Crippen LogP contribution in [-0.4, -0.2) is 42.5 Å². The van der Waals surface area contributed by atoms with E-state index in [0.29, 0.717) is 0 Å². The number of rotatable bonds is 4. The second-order valence-corrected chi connectivity index (χ2v) is 8.47. The zero-order chi connectivity index (χ0) is 18.5. The van der Waals surface area contributed by atoms with Crippen LogP contribution in [0, 0.1) is 11.3 Å². The molecule has 10 heteroatoms. The summed E-state index contributed by atoms with van der Waals surface area (Å²) in [6, 6.07) is 0. The molecule has 2 aliphatic rings. The van der Waals surface area contributed by atoms with Gasteiger partial charge < -0.3 is 28.7 Å². The molecular weight excluding hydrogens is 349 g/mol. The highest BCUT2D eigenvalue weighted by Gasteiger charge is 2.62. The molecule has 2 aliphatic heterocycles. The lowest BCUT2D eigenvalue weighted by atomic mass is 9.97. The molecule has 0 aliphatic carbocycles. The van der Waals surface area contributed by atoms with Gasteiger partial charge >= 0.3 is 5.97 Å². The Bertz CT molecular complexity index is 492. The van der Waals surface area contributed by atoms with Crippen LogP contribution in [0.4, 0.5) is 8.78 Å². The number of halogens is 2. The molecule has 7 nitrogen and oxygen atoms in total. The van der Waals surface area contributed by atoms with Gasteiger partial charge in [-0.05, 0) is 34.6 Å². The van der Waals surface area contributed by atoms with E-state index in [9.17, 15) is 23.4 Å². The predicted molar refractivity (Wildman–Crippen MR) is 74.5 cm³/mol. The molecule has 0 aromatic carbocycles. The maximum atomic E-state index is 14.2. The fourth-order valence-corrected chi connectivity index (χ4v) is 3.19. The number of carbonyl (C=O) groups is 1. The van der Waals surface area contributed by atoms with E-state index in [2.05, 4.69) is 0 Å². The van der Waals surface area contributed by atoms with Crippen LogP contribution < -0.4 is 9.79 Å². The molecule has 0 N–H and O–H groups in total. The van der Waals surface area contributed by atoms with E-state index in [4.69, 9.17) is 18.9 Å². The number of esters is 1. The number of carbonyl (C=O) groups excluding carboxylic acids is 1. The third-order valence-electron chi connectivity index (χ3n) is 3.79. The number of fused-ring (bicyclic) bond motifs is 1. The Hall–Kier alpha value is -0.440. The van der Waals surface area contributed by atoms with Crippen LogP contribution in [0.1, 0.15) is 34.6 Å². The van der Waals surface area contributed by atoms with E-state index in [1.54, 1.807) is 20.8 Å². The quantitative estimate of drug-likeness (QED) is 0.530. The Labute approximate surface area is 140 Å². The largest absolute Gasteiger partial charge is 0.837 e. The molecule has 2 heterocycles. The van der Waals surface area contributed by atoms with E-state index in [1.165, 1.54) is 13.8 Å². The van der Waals surface area contributed by atoms with Crippen molar-refractivity contribution < 1.29 is 42.3 Å². The maximum absolute atomic E-state index is 14.2. The van der Waals surface area contributed by atoms with Gasteiger partial charge in [0.25, 0.3) is 0 Å². The summed E-state index contributed by atoms with van der Waals surface area (Å²) < 4.78 is 49.5. The van der Waals surface area contributed by atoms with E-state index >= 15 is 0 Å². The molecule has 0 spiro atoms. The van der Waals surface area contributed by atoms with Crippen LogP contribution in [0.15, 0.2) is 0 Å². The summed E-state index contributed by atoms with van der Waals surface area (Å²) in [5.41, 5.74) is -4.91. The number of hydrogen-bond donors (Lipinski definition) is 0. The minimum absolute atomic E-state index is 0.514. The summed E-state index contributed by atoms with van der Waals surface area (Å²) >= 11 is 0. The van der Waals surface area contributed by atoms with Gasteiger partial charge in [0, 0.05) is 0 Å². The van der Waals surface area contributed by atoms with Crippen molar-refractivity contribution in [3.8, 4) is 0 Å². The highest BCUT2D eigenvalue weighted by Crippen LogP contribution is 2.54. The molecular formula is C14H21F2O7P-2. The Morgan fingerprint density at radius 3 is 2.33 bits per heavy atom. The van der Waals surface area contributed by atoms with Crippen molar-refractivity contribution in [2.24, 2.45) is 11.3 Å². The van der Waals surface area contributed by atoms with Gasteiger partial charge in [-0.25, -0.2) is 17.2 Å². The van der Waals surface area contributed by atoms with Crippen LogP contribution >= 0.6 is 8.38 Å². The topological polar surface area (TPSA) is 100 Å². The van der Waals surface area contributed by atoms with E-state index < -0.39 is 62.2 Å². The smallest absolute Gasteiger partial charge is 0.311 e. The van der Waals surface area contributed by atoms with Crippen molar-refractivity contribution in [3.63, 3.8) is 0 Å². The first-order valence-electron chi connectivity index (χ1n) is 7.46. The van der Waals surface area contributed by atoms with Gasteiger partial charge in [0.15, 0.2) is 12.1 Å². The summed E-state index contributed by atoms with van der Waals surface area (Å²) in [5.74, 6) is -3.62. The highest BCUT2D eigenvalue weighted by molar-refractivity contribution is 7.43. The van der Waals surface area contributed by atoms with Crippen molar-refractivity contribution >= 4 is 14.3 Å². The molecule has 2 fully saturated rings. The summed E-state index contributed by atoms with van der Waals surface area (Å²) in [7, 11) is -4.07. The van der Waals surface area contributed by atoms with Gasteiger partial charge in [-0.2, -0.15) is 0 Å². The third kappa shape index (κ3) is 3.86. The molecule has 2 saturated heterocycles. The first kappa shape index (κ1) is 19.9. The Morgan fingerprint density at radius 1 is 1.25 bits per heavy atom. The summed E-state index contributed by atoms with van der Waals surface area (Å²) in [5, 5.41) is 0. The zero-order valence-corrected chi connectivity index (χ0v) is 15.0. The van der Waals surface area contributed by atoms with Crippen molar-refractivity contribution in [2.45, 2.75) is 64.6 Å². The minimum Gasteiger partial charge on any atom is -0.837 e. The summed E-state index contributed by atoms with van der Waals surface area (Å²) in [4.78, 5) is 33.9. The van der Waals surface area contributed by atoms with Gasteiger partial charge in [0.1, 0.15) is 18.8 Å². The fraction of sp³-hybridized carbons (Fsp3) is 0.929. The number of hydrogen-bond acceptors (Lipinski definition) is 7. The highest BCUT2D eigenvalue weighted by atomic mass is 31.2. The van der Waals surface area contributed by atoms with Crippen LogP contribution in [-0.2, 0) is 23.7 Å². The van der Waals surface area contributed by atoms with Gasteiger partial charge in [-0.1, -0.05) is 0 Å². The van der Waals surface area contributed by atoms with Crippen molar-refractivity contribution in [1.29, 1.82) is 0 Å². The van der Waals surface area contributed by atoms with Crippen LogP contribution in [0.2, 0.25) is 0 Å². The number of ether oxygens (including phenoxy) is 4. The van der Waals surface area contributed by atoms with Crippen LogP contribution in [0.25, 0.3) is 0 Å². The molecule has 0 radical (unpaired) electrons. The van der Waals surface area contributed by atoms with Gasteiger partial charge in [0.2, 0.25) is 5.66 Å². The fourth-order valence-electron chi connectivity index (χ4n) is 2.63. The molecule has 0 bridgehead atoms. The lowest BCUT2D eigenvalue weighted by molar-refractivity contribution is -0.318. The van der Waals surface area contributed by atoms with E-state index in [1.807, 2.05) is 0 Å². The molecule has 0 amide bonds. The molecule has 0 aromatic heterocycles. The second-order valence-electron chi connectivity index (χ2n) is 7.36. The van der Waals surface area contributed by atoms with E-state index in [0.717, 1.165) is 0 Å². The molecule has 2 rings (SSSR count). The first-order chi connectivity index (χ1) is 10.8. The van der Waals surface area contributed by atoms with Gasteiger partial charge in [-0.3, -0.25) is 4.79 Å². The standard InChI is InChI=1S/C14H21F2O7P/c1-12(2,3)11(17)20-6-7-8(14(15,16)24(18)19)9-10(21-7)23-13(4,5)22-9/h7-10H,6H2,1-5H3/q-2/t7-,8-,9-,10-/m1/s1. The SMILES string of the molecule is CC1(C)O[C@H]2O[C@H](COC(=O)C(C)(C)C)[C@@H](C(F)(F)P([O-])[O-])[C@H]2O1. The molecule has 140 valence electrons. The summed E-state index contributed by atoms with van der Waals surface area (Å²) in [6.07, 6.45) is -3.78. The monoisotopic (exact) mass is 370 g/mol. The molecule has 0 unspecified atom stereocenters. The molecule has 24 heavy (non-hydrogen) atoms. The Morgan fingerprint density at radius 2 is 1.83 bits per heavy atom. The molecule has 0 saturated carbocycles. The van der Waals surface area contributed by atoms with Crippen LogP contribution in [0.3, 0.4) is 0 Å². The van der Waals surface area contributed by atoms with Crippen molar-refractivity contribution in [1.82, 2.24) is 0 Å². The Kier molecular flexibility index (Phi) is 5.28. The lowest BCUT2D eigenvalue weighted by Crippen LogP contribution is -2.47. The predicted octanol–water partition coefficient (Wildman–Crippen LogP) is 0.694. The van der Waals surface area contributed by atoms with Gasteiger partial charge in [0.05, 0.1) is 11.3 Å². The normalized spacial score (nSPS) is 32.9. The first-order valence-corrected chi connectivity index (χ1v) is 8.64. The average Bonchev–Trinajstić information content (AvgIpc) is 2.85.